The van der Waals surface area contributed by atoms with Crippen LogP contribution in [-0.4, -0.2) is 50.1 Å². The molecule has 0 radical (unpaired) electrons. The summed E-state index contributed by atoms with van der Waals surface area (Å²) in [5.41, 5.74) is 5.04. The normalized spacial score (nSPS) is 23.3. The molecule has 5 heterocycles. The Bertz CT molecular complexity index is 878. The van der Waals surface area contributed by atoms with Crippen LogP contribution in [0.3, 0.4) is 0 Å². The van der Waals surface area contributed by atoms with E-state index in [1.54, 1.807) is 6.20 Å². The quantitative estimate of drug-likeness (QED) is 0.782. The fraction of sp³-hybridized carbons (Fsp3) is 0.471. The number of ether oxygens (including phenoxy) is 1. The molecule has 0 aliphatic carbocycles. The van der Waals surface area contributed by atoms with Crippen LogP contribution in [-0.2, 0) is 4.74 Å². The molecule has 2 aliphatic rings. The summed E-state index contributed by atoms with van der Waals surface area (Å²) in [4.78, 5) is 7.32. The number of aromatic nitrogens is 5. The van der Waals surface area contributed by atoms with Gasteiger partial charge in [0.05, 0.1) is 42.9 Å². The van der Waals surface area contributed by atoms with E-state index in [4.69, 9.17) is 9.72 Å². The Kier molecular flexibility index (Phi) is 2.94. The van der Waals surface area contributed by atoms with Gasteiger partial charge in [0.15, 0.2) is 5.65 Å². The van der Waals surface area contributed by atoms with Crippen LogP contribution in [0, 0.1) is 13.8 Å². The van der Waals surface area contributed by atoms with Gasteiger partial charge in [0.1, 0.15) is 5.82 Å². The second kappa shape index (κ2) is 5.04. The van der Waals surface area contributed by atoms with E-state index in [1.165, 1.54) is 12.8 Å². The summed E-state index contributed by atoms with van der Waals surface area (Å²) in [6, 6.07) is 4.98. The van der Waals surface area contributed by atoms with Gasteiger partial charge in [-0.15, -0.1) is 0 Å². The molecule has 2 fully saturated rings. The lowest BCUT2D eigenvalue weighted by atomic mass is 10.1. The van der Waals surface area contributed by atoms with Crippen LogP contribution >= 0.6 is 0 Å². The van der Waals surface area contributed by atoms with Gasteiger partial charge < -0.3 is 9.64 Å². The van der Waals surface area contributed by atoms with E-state index in [0.29, 0.717) is 12.1 Å². The molecule has 0 spiro atoms. The fourth-order valence-electron chi connectivity index (χ4n) is 4.14. The summed E-state index contributed by atoms with van der Waals surface area (Å²) in [6.07, 6.45) is 4.15. The number of aromatic amines is 1. The fourth-order valence-corrected chi connectivity index (χ4v) is 4.14. The van der Waals surface area contributed by atoms with Crippen LogP contribution < -0.4 is 4.90 Å². The average Bonchev–Trinajstić information content (AvgIpc) is 3.24. The second-order valence-corrected chi connectivity index (χ2v) is 6.74. The molecule has 5 rings (SSSR count). The van der Waals surface area contributed by atoms with E-state index in [-0.39, 0.29) is 0 Å². The van der Waals surface area contributed by atoms with E-state index >= 15 is 0 Å². The summed E-state index contributed by atoms with van der Waals surface area (Å²) in [5, 5.41) is 11.9. The van der Waals surface area contributed by atoms with Gasteiger partial charge >= 0.3 is 0 Å². The molecule has 24 heavy (non-hydrogen) atoms. The van der Waals surface area contributed by atoms with Gasteiger partial charge in [0.25, 0.3) is 0 Å². The van der Waals surface area contributed by atoms with Gasteiger partial charge in [0.2, 0.25) is 0 Å². The predicted octanol–water partition coefficient (Wildman–Crippen LogP) is 2.10. The minimum atomic E-state index is 0.431. The largest absolute Gasteiger partial charge is 0.377 e. The monoisotopic (exact) mass is 324 g/mol. The Hall–Kier alpha value is -2.41. The maximum absolute atomic E-state index is 5.72. The van der Waals surface area contributed by atoms with Crippen molar-refractivity contribution in [1.29, 1.82) is 0 Å². The van der Waals surface area contributed by atoms with Crippen molar-refractivity contribution in [3.8, 4) is 11.3 Å². The number of fused-ring (bicyclic) bond motifs is 3. The number of H-pyrrole nitrogens is 1. The van der Waals surface area contributed by atoms with Crippen molar-refractivity contribution in [2.24, 2.45) is 0 Å². The number of hydrogen-bond acceptors (Lipinski definition) is 5. The zero-order valence-electron chi connectivity index (χ0n) is 13.9. The predicted molar refractivity (Wildman–Crippen MR) is 90.2 cm³/mol. The third-order valence-corrected chi connectivity index (χ3v) is 5.24. The van der Waals surface area contributed by atoms with Crippen LogP contribution in [0.1, 0.15) is 24.2 Å². The molecule has 2 aliphatic heterocycles. The number of rotatable bonds is 2. The molecule has 7 nitrogen and oxygen atoms in total. The second-order valence-electron chi connectivity index (χ2n) is 6.74. The van der Waals surface area contributed by atoms with E-state index in [1.807, 2.05) is 24.4 Å². The van der Waals surface area contributed by atoms with Crippen molar-refractivity contribution < 1.29 is 4.74 Å². The SMILES string of the molecule is Cc1n[nH]c(C)c1-c1cc(N2C3CCC2COC3)nc2ccnn12. The van der Waals surface area contributed by atoms with Crippen LogP contribution in [0.5, 0.6) is 0 Å². The summed E-state index contributed by atoms with van der Waals surface area (Å²) < 4.78 is 7.62. The summed E-state index contributed by atoms with van der Waals surface area (Å²) in [7, 11) is 0. The van der Waals surface area contributed by atoms with Gasteiger partial charge in [-0.2, -0.15) is 10.2 Å². The minimum absolute atomic E-state index is 0.431. The molecule has 2 atom stereocenters. The highest BCUT2D eigenvalue weighted by Gasteiger charge is 2.38. The molecule has 7 heteroatoms. The van der Waals surface area contributed by atoms with Crippen molar-refractivity contribution in [3.63, 3.8) is 0 Å². The van der Waals surface area contributed by atoms with Crippen molar-refractivity contribution in [2.75, 3.05) is 18.1 Å². The Balaban J connectivity index is 1.72. The summed E-state index contributed by atoms with van der Waals surface area (Å²) in [5.74, 6) is 1.02. The number of morpholine rings is 1. The zero-order chi connectivity index (χ0) is 16.3. The molecular weight excluding hydrogens is 304 g/mol. The smallest absolute Gasteiger partial charge is 0.158 e. The van der Waals surface area contributed by atoms with Crippen molar-refractivity contribution >= 4 is 11.5 Å². The first-order valence-electron chi connectivity index (χ1n) is 8.45. The molecule has 2 saturated heterocycles. The number of anilines is 1. The molecule has 0 amide bonds. The lowest BCUT2D eigenvalue weighted by molar-refractivity contribution is 0.0902. The third-order valence-electron chi connectivity index (χ3n) is 5.24. The molecular formula is C17H20N6O. The summed E-state index contributed by atoms with van der Waals surface area (Å²) >= 11 is 0. The van der Waals surface area contributed by atoms with Crippen molar-refractivity contribution in [1.82, 2.24) is 24.8 Å². The Morgan fingerprint density at radius 2 is 2.00 bits per heavy atom. The molecule has 3 aromatic rings. The highest BCUT2D eigenvalue weighted by Crippen LogP contribution is 2.35. The maximum atomic E-state index is 5.72. The first-order valence-corrected chi connectivity index (χ1v) is 8.45. The number of aryl methyl sites for hydroxylation is 2. The van der Waals surface area contributed by atoms with Gasteiger partial charge in [-0.1, -0.05) is 0 Å². The minimum Gasteiger partial charge on any atom is -0.377 e. The van der Waals surface area contributed by atoms with E-state index < -0.39 is 0 Å². The highest BCUT2D eigenvalue weighted by molar-refractivity contribution is 5.71. The first kappa shape index (κ1) is 14.0. The molecule has 0 saturated carbocycles. The van der Waals surface area contributed by atoms with Crippen molar-refractivity contribution in [3.05, 3.63) is 29.7 Å². The average molecular weight is 324 g/mol. The topological polar surface area (TPSA) is 71.3 Å². The van der Waals surface area contributed by atoms with Crippen molar-refractivity contribution in [2.45, 2.75) is 38.8 Å². The molecule has 3 aromatic heterocycles. The Morgan fingerprint density at radius 3 is 2.71 bits per heavy atom. The van der Waals surface area contributed by atoms with Crippen LogP contribution in [0.25, 0.3) is 16.9 Å². The molecule has 124 valence electrons. The van der Waals surface area contributed by atoms with E-state index in [9.17, 15) is 0 Å². The summed E-state index contributed by atoms with van der Waals surface area (Å²) in [6.45, 7) is 5.65. The maximum Gasteiger partial charge on any atom is 0.158 e. The van der Waals surface area contributed by atoms with Gasteiger partial charge in [-0.25, -0.2) is 9.50 Å². The molecule has 2 bridgehead atoms. The Labute approximate surface area is 139 Å². The van der Waals surface area contributed by atoms with Gasteiger partial charge in [-0.3, -0.25) is 5.10 Å². The lowest BCUT2D eigenvalue weighted by Gasteiger charge is -2.35. The van der Waals surface area contributed by atoms with Crippen LogP contribution in [0.15, 0.2) is 18.3 Å². The van der Waals surface area contributed by atoms with E-state index in [2.05, 4.69) is 26.3 Å². The molecule has 2 unspecified atom stereocenters. The molecule has 1 N–H and O–H groups in total. The van der Waals surface area contributed by atoms with E-state index in [0.717, 1.165) is 47.3 Å². The number of nitrogens with one attached hydrogen (secondary N) is 1. The third kappa shape index (κ3) is 1.91. The standard InChI is InChI=1S/C17H20N6O/c1-10-17(11(2)21-20-10)14-7-16(19-15-5-6-18-23(14)15)22-12-3-4-13(22)9-24-8-12/h5-7,12-13H,3-4,8-9H2,1-2H3,(H,20,21). The van der Waals surface area contributed by atoms with Gasteiger partial charge in [-0.05, 0) is 26.7 Å². The Morgan fingerprint density at radius 1 is 1.21 bits per heavy atom. The molecule has 0 aromatic carbocycles. The zero-order valence-corrected chi connectivity index (χ0v) is 13.9. The lowest BCUT2D eigenvalue weighted by Crippen LogP contribution is -2.46. The first-order chi connectivity index (χ1) is 11.7. The number of hydrogen-bond donors (Lipinski definition) is 1. The number of nitrogens with zero attached hydrogens (tertiary/aromatic N) is 5. The van der Waals surface area contributed by atoms with Crippen LogP contribution in [0.2, 0.25) is 0 Å². The van der Waals surface area contributed by atoms with Gasteiger partial charge in [0, 0.05) is 23.4 Å². The van der Waals surface area contributed by atoms with Crippen LogP contribution in [0.4, 0.5) is 5.82 Å². The highest BCUT2D eigenvalue weighted by atomic mass is 16.5.